The molecule has 0 bridgehead atoms. The van der Waals surface area contributed by atoms with E-state index in [4.69, 9.17) is 0 Å². The number of benzene rings is 1. The smallest absolute Gasteiger partial charge is 0.240 e. The Labute approximate surface area is 165 Å². The van der Waals surface area contributed by atoms with E-state index >= 15 is 0 Å². The van der Waals surface area contributed by atoms with Crippen LogP contribution >= 0.6 is 0 Å². The van der Waals surface area contributed by atoms with Crippen molar-refractivity contribution in [1.82, 2.24) is 20.0 Å². The van der Waals surface area contributed by atoms with E-state index < -0.39 is 0 Å². The van der Waals surface area contributed by atoms with Crippen molar-refractivity contribution >= 4 is 11.8 Å². The van der Waals surface area contributed by atoms with Gasteiger partial charge in [-0.2, -0.15) is 5.10 Å². The largest absolute Gasteiger partial charge is 0.348 e. The Morgan fingerprint density at radius 3 is 2.71 bits per heavy atom. The van der Waals surface area contributed by atoms with Gasteiger partial charge in [0.1, 0.15) is 0 Å². The van der Waals surface area contributed by atoms with E-state index in [0.717, 1.165) is 36.2 Å². The lowest BCUT2D eigenvalue weighted by Crippen LogP contribution is -2.42. The van der Waals surface area contributed by atoms with Crippen LogP contribution in [0.1, 0.15) is 56.0 Å². The highest BCUT2D eigenvalue weighted by atomic mass is 16.2. The van der Waals surface area contributed by atoms with Gasteiger partial charge in [0.2, 0.25) is 11.8 Å². The summed E-state index contributed by atoms with van der Waals surface area (Å²) in [5.41, 5.74) is 4.55. The van der Waals surface area contributed by atoms with Gasteiger partial charge in [-0.1, -0.05) is 31.5 Å². The van der Waals surface area contributed by atoms with E-state index in [0.29, 0.717) is 13.0 Å². The number of likely N-dealkylation sites (tertiary alicyclic amines) is 1. The predicted molar refractivity (Wildman–Crippen MR) is 107 cm³/mol. The molecule has 2 aliphatic rings. The van der Waals surface area contributed by atoms with Gasteiger partial charge in [0.25, 0.3) is 0 Å². The normalized spacial score (nSPS) is 20.9. The summed E-state index contributed by atoms with van der Waals surface area (Å²) < 4.78 is 2.00. The number of fused-ring (bicyclic) bond motifs is 1. The molecule has 1 aromatic carbocycles. The van der Waals surface area contributed by atoms with E-state index in [1.807, 2.05) is 10.9 Å². The fourth-order valence-corrected chi connectivity index (χ4v) is 4.36. The first kappa shape index (κ1) is 18.7. The van der Waals surface area contributed by atoms with Gasteiger partial charge in [0.05, 0.1) is 30.2 Å². The zero-order valence-electron chi connectivity index (χ0n) is 16.9. The van der Waals surface area contributed by atoms with Gasteiger partial charge < -0.3 is 10.2 Å². The molecule has 0 spiro atoms. The summed E-state index contributed by atoms with van der Waals surface area (Å²) in [6.45, 7) is 7.36. The van der Waals surface area contributed by atoms with Crippen LogP contribution < -0.4 is 5.32 Å². The zero-order chi connectivity index (χ0) is 19.9. The Bertz CT molecular complexity index is 898. The van der Waals surface area contributed by atoms with Crippen molar-refractivity contribution in [2.24, 2.45) is 5.41 Å². The average molecular weight is 380 g/mol. The fraction of sp³-hybridized carbons (Fsp3) is 0.500. The van der Waals surface area contributed by atoms with Crippen molar-refractivity contribution < 1.29 is 9.59 Å². The van der Waals surface area contributed by atoms with Crippen LogP contribution in [0.25, 0.3) is 5.69 Å². The zero-order valence-corrected chi connectivity index (χ0v) is 16.9. The molecule has 1 aromatic heterocycles. The highest BCUT2D eigenvalue weighted by molar-refractivity contribution is 5.86. The molecule has 4 rings (SSSR count). The molecule has 2 aromatic rings. The third kappa shape index (κ3) is 3.68. The first-order valence-electron chi connectivity index (χ1n) is 10.0. The minimum atomic E-state index is -0.0908. The number of hydrogen-bond acceptors (Lipinski definition) is 3. The van der Waals surface area contributed by atoms with Crippen molar-refractivity contribution in [1.29, 1.82) is 0 Å². The Kier molecular flexibility index (Phi) is 4.73. The Hall–Kier alpha value is -2.63. The van der Waals surface area contributed by atoms with Gasteiger partial charge in [-0.3, -0.25) is 9.59 Å². The van der Waals surface area contributed by atoms with Gasteiger partial charge in [0, 0.05) is 18.5 Å². The second-order valence-corrected chi connectivity index (χ2v) is 8.88. The monoisotopic (exact) mass is 380 g/mol. The second kappa shape index (κ2) is 7.08. The van der Waals surface area contributed by atoms with E-state index in [2.05, 4.69) is 55.5 Å². The van der Waals surface area contributed by atoms with Gasteiger partial charge in [-0.05, 0) is 43.7 Å². The predicted octanol–water partition coefficient (Wildman–Crippen LogP) is 2.93. The molecule has 2 heterocycles. The van der Waals surface area contributed by atoms with Crippen molar-refractivity contribution in [2.75, 3.05) is 13.1 Å². The molecule has 1 aliphatic carbocycles. The van der Waals surface area contributed by atoms with E-state index in [-0.39, 0.29) is 29.8 Å². The molecule has 0 saturated carbocycles. The van der Waals surface area contributed by atoms with E-state index in [9.17, 15) is 9.59 Å². The number of nitrogens with one attached hydrogen (secondary N) is 1. The lowest BCUT2D eigenvalue weighted by molar-refractivity contribution is -0.133. The van der Waals surface area contributed by atoms with Gasteiger partial charge in [-0.25, -0.2) is 4.68 Å². The molecule has 1 aliphatic heterocycles. The lowest BCUT2D eigenvalue weighted by atomic mass is 9.74. The number of rotatable bonds is 4. The minimum absolute atomic E-state index is 0.0525. The molecule has 0 unspecified atom stereocenters. The first-order valence-corrected chi connectivity index (χ1v) is 10.0. The molecule has 148 valence electrons. The molecule has 28 heavy (non-hydrogen) atoms. The number of hydrogen-bond donors (Lipinski definition) is 1. The van der Waals surface area contributed by atoms with Crippen LogP contribution in [-0.2, 0) is 16.0 Å². The fourth-order valence-electron chi connectivity index (χ4n) is 4.36. The Morgan fingerprint density at radius 1 is 1.29 bits per heavy atom. The quantitative estimate of drug-likeness (QED) is 0.887. The Balaban J connectivity index is 1.57. The highest BCUT2D eigenvalue weighted by Crippen LogP contribution is 2.41. The van der Waals surface area contributed by atoms with E-state index in [1.165, 1.54) is 5.56 Å². The topological polar surface area (TPSA) is 67.2 Å². The van der Waals surface area contributed by atoms with Crippen LogP contribution in [0.5, 0.6) is 0 Å². The second-order valence-electron chi connectivity index (χ2n) is 8.88. The molecule has 6 nitrogen and oxygen atoms in total. The summed E-state index contributed by atoms with van der Waals surface area (Å²) in [5, 5.41) is 7.80. The number of carbonyl (C=O) groups is 2. The third-order valence-corrected chi connectivity index (χ3v) is 5.80. The maximum Gasteiger partial charge on any atom is 0.240 e. The highest BCUT2D eigenvalue weighted by Gasteiger charge is 2.36. The van der Waals surface area contributed by atoms with Crippen molar-refractivity contribution in [2.45, 2.75) is 52.5 Å². The molecule has 1 N–H and O–H groups in total. The van der Waals surface area contributed by atoms with Crippen molar-refractivity contribution in [3.05, 3.63) is 47.3 Å². The maximum absolute atomic E-state index is 12.6. The van der Waals surface area contributed by atoms with Crippen LogP contribution in [0.15, 0.2) is 30.5 Å². The van der Waals surface area contributed by atoms with Crippen LogP contribution in [0.3, 0.4) is 0 Å². The van der Waals surface area contributed by atoms with Crippen LogP contribution in [-0.4, -0.2) is 39.6 Å². The first-order chi connectivity index (χ1) is 13.3. The van der Waals surface area contributed by atoms with Crippen molar-refractivity contribution in [3.8, 4) is 5.69 Å². The van der Waals surface area contributed by atoms with Gasteiger partial charge >= 0.3 is 0 Å². The maximum atomic E-state index is 12.6. The summed E-state index contributed by atoms with van der Waals surface area (Å²) in [6.07, 6.45) is 5.05. The number of carbonyl (C=O) groups excluding carboxylic acids is 2. The molecular weight excluding hydrogens is 352 g/mol. The van der Waals surface area contributed by atoms with Crippen LogP contribution in [0.2, 0.25) is 0 Å². The third-order valence-electron chi connectivity index (χ3n) is 5.80. The summed E-state index contributed by atoms with van der Waals surface area (Å²) in [5.74, 6) is -0.0148. The summed E-state index contributed by atoms with van der Waals surface area (Å²) in [7, 11) is 0. The lowest BCUT2D eigenvalue weighted by Gasteiger charge is -2.36. The molecule has 1 atom stereocenters. The van der Waals surface area contributed by atoms with Crippen molar-refractivity contribution in [3.63, 3.8) is 0 Å². The summed E-state index contributed by atoms with van der Waals surface area (Å²) in [6, 6.07) is 8.25. The van der Waals surface area contributed by atoms with Crippen LogP contribution in [0, 0.1) is 12.3 Å². The molecule has 6 heteroatoms. The number of nitrogens with zero attached hydrogens (tertiary/aromatic N) is 3. The summed E-state index contributed by atoms with van der Waals surface area (Å²) in [4.78, 5) is 26.1. The van der Waals surface area contributed by atoms with Gasteiger partial charge in [-0.15, -0.1) is 0 Å². The van der Waals surface area contributed by atoms with E-state index in [1.54, 1.807) is 4.90 Å². The Morgan fingerprint density at radius 2 is 2.04 bits per heavy atom. The molecule has 1 saturated heterocycles. The molecule has 1 fully saturated rings. The summed E-state index contributed by atoms with van der Waals surface area (Å²) >= 11 is 0. The van der Waals surface area contributed by atoms with Crippen LogP contribution in [0.4, 0.5) is 0 Å². The minimum Gasteiger partial charge on any atom is -0.348 e. The molecule has 2 amide bonds. The number of aryl methyl sites for hydroxylation is 1. The number of aromatic nitrogens is 2. The SMILES string of the molecule is Cc1ccc(-n2ncc3c2CC(C)(C)C[C@@H]3NC(=O)CN2CCCC2=O)cc1. The standard InChI is InChI=1S/C22H28N4O2/c1-15-6-8-16(9-7-15)26-19-12-22(2,3)11-18(17(19)13-23-26)24-20(27)14-25-10-4-5-21(25)28/h6-9,13,18H,4-5,10-12,14H2,1-3H3,(H,24,27)/t18-/m0/s1. The number of amides is 2. The average Bonchev–Trinajstić information content (AvgIpc) is 3.21. The van der Waals surface area contributed by atoms with Gasteiger partial charge in [0.15, 0.2) is 0 Å². The molecular formula is C22H28N4O2. The molecule has 0 radical (unpaired) electrons.